The fourth-order valence-corrected chi connectivity index (χ4v) is 2.09. The molecule has 2 rings (SSSR count). The summed E-state index contributed by atoms with van der Waals surface area (Å²) < 4.78 is 43.4. The molecule has 0 aromatic carbocycles. The summed E-state index contributed by atoms with van der Waals surface area (Å²) in [5.41, 5.74) is 3.75. The summed E-state index contributed by atoms with van der Waals surface area (Å²) in [5.74, 6) is -0.661. The van der Waals surface area contributed by atoms with E-state index in [1.54, 1.807) is 6.92 Å². The molecule has 8 heteroatoms. The molecule has 1 aliphatic carbocycles. The van der Waals surface area contributed by atoms with Gasteiger partial charge in [0.1, 0.15) is 5.54 Å². The van der Waals surface area contributed by atoms with E-state index in [1.807, 2.05) is 0 Å². The van der Waals surface area contributed by atoms with Crippen molar-refractivity contribution in [3.63, 3.8) is 0 Å². The highest BCUT2D eigenvalue weighted by molar-refractivity contribution is 5.81. The van der Waals surface area contributed by atoms with Gasteiger partial charge in [0.05, 0.1) is 13.2 Å². The molecule has 1 unspecified atom stereocenters. The maximum Gasteiger partial charge on any atom is 0.435 e. The first-order valence-electron chi connectivity index (χ1n) is 6.34. The van der Waals surface area contributed by atoms with E-state index in [1.165, 1.54) is 6.20 Å². The molecule has 1 atom stereocenters. The Morgan fingerprint density at radius 3 is 2.65 bits per heavy atom. The molecule has 1 fully saturated rings. The van der Waals surface area contributed by atoms with Crippen molar-refractivity contribution >= 4 is 5.97 Å². The van der Waals surface area contributed by atoms with Crippen molar-refractivity contribution in [2.75, 3.05) is 6.61 Å². The Hall–Kier alpha value is -1.57. The molecular formula is C12H16F3N3O2. The number of carbonyl (C=O) groups excluding carboxylic acids is 1. The molecule has 0 spiro atoms. The summed E-state index contributed by atoms with van der Waals surface area (Å²) in [6.07, 6.45) is -1.80. The minimum atomic E-state index is -4.51. The minimum Gasteiger partial charge on any atom is -0.465 e. The first-order valence-corrected chi connectivity index (χ1v) is 6.34. The van der Waals surface area contributed by atoms with Crippen LogP contribution >= 0.6 is 0 Å². The van der Waals surface area contributed by atoms with Gasteiger partial charge in [-0.15, -0.1) is 0 Å². The van der Waals surface area contributed by atoms with Crippen LogP contribution in [-0.2, 0) is 22.3 Å². The second kappa shape index (κ2) is 5.08. The molecule has 1 aliphatic rings. The van der Waals surface area contributed by atoms with Crippen molar-refractivity contribution in [2.45, 2.75) is 38.0 Å². The molecule has 1 saturated carbocycles. The average molecular weight is 291 g/mol. The Balaban J connectivity index is 2.16. The molecule has 0 bridgehead atoms. The Bertz CT molecular complexity index is 496. The molecule has 1 aromatic heterocycles. The molecule has 2 N–H and O–H groups in total. The zero-order valence-corrected chi connectivity index (χ0v) is 11.0. The average Bonchev–Trinajstić information content (AvgIpc) is 3.09. The summed E-state index contributed by atoms with van der Waals surface area (Å²) in [6, 6.07) is 0.860. The second-order valence-electron chi connectivity index (χ2n) is 4.93. The number of hydrogen-bond donors (Lipinski definition) is 1. The van der Waals surface area contributed by atoms with E-state index in [4.69, 9.17) is 10.5 Å². The van der Waals surface area contributed by atoms with E-state index in [9.17, 15) is 18.0 Å². The topological polar surface area (TPSA) is 70.1 Å². The quantitative estimate of drug-likeness (QED) is 0.836. The van der Waals surface area contributed by atoms with Crippen LogP contribution in [0.5, 0.6) is 0 Å². The third-order valence-corrected chi connectivity index (χ3v) is 3.32. The summed E-state index contributed by atoms with van der Waals surface area (Å²) in [7, 11) is 0. The van der Waals surface area contributed by atoms with E-state index in [0.717, 1.165) is 23.6 Å². The number of alkyl halides is 3. The number of halogens is 3. The number of hydrogen-bond acceptors (Lipinski definition) is 4. The summed E-state index contributed by atoms with van der Waals surface area (Å²) in [6.45, 7) is 1.71. The highest BCUT2D eigenvalue weighted by Crippen LogP contribution is 2.40. The lowest BCUT2D eigenvalue weighted by Gasteiger charge is -2.26. The zero-order chi connectivity index (χ0) is 15.0. The minimum absolute atomic E-state index is 0.0694. The van der Waals surface area contributed by atoms with Gasteiger partial charge in [-0.3, -0.25) is 4.68 Å². The van der Waals surface area contributed by atoms with Crippen LogP contribution in [0.4, 0.5) is 13.2 Å². The largest absolute Gasteiger partial charge is 0.465 e. The van der Waals surface area contributed by atoms with E-state index < -0.39 is 23.4 Å². The van der Waals surface area contributed by atoms with Crippen molar-refractivity contribution in [1.29, 1.82) is 0 Å². The van der Waals surface area contributed by atoms with Gasteiger partial charge in [0, 0.05) is 6.20 Å². The molecule has 20 heavy (non-hydrogen) atoms. The van der Waals surface area contributed by atoms with Crippen molar-refractivity contribution in [3.8, 4) is 0 Å². The van der Waals surface area contributed by atoms with E-state index in [2.05, 4.69) is 5.10 Å². The molecule has 0 aliphatic heterocycles. The maximum absolute atomic E-state index is 12.5. The van der Waals surface area contributed by atoms with Crippen molar-refractivity contribution in [2.24, 2.45) is 11.7 Å². The number of carbonyl (C=O) groups is 1. The van der Waals surface area contributed by atoms with Crippen LogP contribution < -0.4 is 5.73 Å². The maximum atomic E-state index is 12.5. The summed E-state index contributed by atoms with van der Waals surface area (Å²) in [4.78, 5) is 11.9. The normalized spacial score (nSPS) is 18.6. The molecule has 1 aromatic rings. The number of esters is 1. The smallest absolute Gasteiger partial charge is 0.435 e. The molecule has 112 valence electrons. The van der Waals surface area contributed by atoms with Gasteiger partial charge in [0.2, 0.25) is 0 Å². The van der Waals surface area contributed by atoms with Gasteiger partial charge in [0.25, 0.3) is 0 Å². The molecule has 0 amide bonds. The highest BCUT2D eigenvalue weighted by Gasteiger charge is 2.50. The van der Waals surface area contributed by atoms with Crippen LogP contribution in [0.1, 0.15) is 25.5 Å². The second-order valence-corrected chi connectivity index (χ2v) is 4.93. The summed E-state index contributed by atoms with van der Waals surface area (Å²) in [5, 5.41) is 3.42. The number of nitrogens with zero attached hydrogens (tertiary/aromatic N) is 2. The predicted molar refractivity (Wildman–Crippen MR) is 63.5 cm³/mol. The summed E-state index contributed by atoms with van der Waals surface area (Å²) >= 11 is 0. The zero-order valence-electron chi connectivity index (χ0n) is 11.0. The lowest BCUT2D eigenvalue weighted by molar-refractivity contribution is -0.151. The molecule has 0 radical (unpaired) electrons. The van der Waals surface area contributed by atoms with Crippen molar-refractivity contribution in [3.05, 3.63) is 18.0 Å². The monoisotopic (exact) mass is 291 g/mol. The highest BCUT2D eigenvalue weighted by atomic mass is 19.4. The van der Waals surface area contributed by atoms with E-state index in [-0.39, 0.29) is 19.1 Å². The standard InChI is InChI=1S/C12H16F3N3O2/c1-2-20-10(19)11(16,8-3-4-8)7-18-6-5-9(17-18)12(13,14)15/h5-6,8H,2-4,7,16H2,1H3. The van der Waals surface area contributed by atoms with Gasteiger partial charge in [-0.25, -0.2) is 4.79 Å². The Kier molecular flexibility index (Phi) is 3.77. The van der Waals surface area contributed by atoms with Crippen molar-refractivity contribution < 1.29 is 22.7 Å². The molecule has 5 nitrogen and oxygen atoms in total. The van der Waals surface area contributed by atoms with E-state index in [0.29, 0.717) is 0 Å². The van der Waals surface area contributed by atoms with Crippen LogP contribution in [0.3, 0.4) is 0 Å². The number of nitrogens with two attached hydrogens (primary N) is 1. The van der Waals surface area contributed by atoms with Gasteiger partial charge in [0.15, 0.2) is 5.69 Å². The molecule has 1 heterocycles. The Labute approximate surface area is 113 Å². The number of rotatable bonds is 5. The fourth-order valence-electron chi connectivity index (χ4n) is 2.09. The van der Waals surface area contributed by atoms with Crippen LogP contribution in [0.2, 0.25) is 0 Å². The third kappa shape index (κ3) is 2.95. The lowest BCUT2D eigenvalue weighted by atomic mass is 9.94. The third-order valence-electron chi connectivity index (χ3n) is 3.32. The van der Waals surface area contributed by atoms with Crippen LogP contribution in [0.25, 0.3) is 0 Å². The number of aromatic nitrogens is 2. The van der Waals surface area contributed by atoms with Gasteiger partial charge >= 0.3 is 12.1 Å². The Morgan fingerprint density at radius 2 is 2.20 bits per heavy atom. The Morgan fingerprint density at radius 1 is 1.55 bits per heavy atom. The van der Waals surface area contributed by atoms with Crippen LogP contribution in [-0.4, -0.2) is 27.9 Å². The van der Waals surface area contributed by atoms with Gasteiger partial charge in [-0.05, 0) is 31.7 Å². The van der Waals surface area contributed by atoms with Gasteiger partial charge in [-0.2, -0.15) is 18.3 Å². The molecule has 0 saturated heterocycles. The molecular weight excluding hydrogens is 275 g/mol. The predicted octanol–water partition coefficient (Wildman–Crippen LogP) is 1.57. The van der Waals surface area contributed by atoms with Crippen LogP contribution in [0.15, 0.2) is 12.3 Å². The lowest BCUT2D eigenvalue weighted by Crippen LogP contribution is -2.54. The number of ether oxygens (including phenoxy) is 1. The SMILES string of the molecule is CCOC(=O)C(N)(Cn1ccc(C(F)(F)F)n1)C1CC1. The van der Waals surface area contributed by atoms with E-state index >= 15 is 0 Å². The first kappa shape index (κ1) is 14.8. The first-order chi connectivity index (χ1) is 9.27. The van der Waals surface area contributed by atoms with Crippen molar-refractivity contribution in [1.82, 2.24) is 9.78 Å². The fraction of sp³-hybridized carbons (Fsp3) is 0.667. The van der Waals surface area contributed by atoms with Crippen LogP contribution in [0, 0.1) is 5.92 Å². The van der Waals surface area contributed by atoms with Gasteiger partial charge in [-0.1, -0.05) is 0 Å². The van der Waals surface area contributed by atoms with Gasteiger partial charge < -0.3 is 10.5 Å².